The van der Waals surface area contributed by atoms with Crippen LogP contribution in [-0.2, 0) is 0 Å². The molecule has 0 saturated heterocycles. The van der Waals surface area contributed by atoms with Crippen LogP contribution in [0.5, 0.6) is 5.75 Å². The molecule has 0 heterocycles. The molecule has 21 heavy (non-hydrogen) atoms. The number of methoxy groups -OCH3 is 1. The van der Waals surface area contributed by atoms with Crippen LogP contribution >= 0.6 is 0 Å². The van der Waals surface area contributed by atoms with Gasteiger partial charge in [0.05, 0.1) is 23.6 Å². The van der Waals surface area contributed by atoms with Gasteiger partial charge in [0.25, 0.3) is 0 Å². The minimum absolute atomic E-state index is 0.816. The Kier molecular flexibility index (Phi) is 2.56. The van der Waals surface area contributed by atoms with Gasteiger partial charge < -0.3 is 4.74 Å². The van der Waals surface area contributed by atoms with Crippen molar-refractivity contribution in [3.8, 4) is 5.75 Å². The average molecular weight is 302 g/mol. The summed E-state index contributed by atoms with van der Waals surface area (Å²) in [7, 11) is 0.881. The van der Waals surface area contributed by atoms with Crippen LogP contribution < -0.4 is 4.74 Å². The van der Waals surface area contributed by atoms with E-state index in [-0.39, 0.29) is 0 Å². The lowest BCUT2D eigenvalue weighted by atomic mass is 10.0. The third-order valence-electron chi connectivity index (χ3n) is 3.28. The molecule has 8 heteroatoms. The molecule has 0 bridgehead atoms. The van der Waals surface area contributed by atoms with Gasteiger partial charge >= 0.3 is 0 Å². The highest BCUT2D eigenvalue weighted by Crippen LogP contribution is 2.43. The molecule has 0 spiro atoms. The average Bonchev–Trinajstić information content (AvgIpc) is 2.70. The van der Waals surface area contributed by atoms with Crippen LogP contribution in [0.25, 0.3) is 10.8 Å². The minimum Gasteiger partial charge on any atom is -0.493 e. The molecule has 3 rings (SSSR count). The topological polar surface area (TPSA) is 43.4 Å². The molecule has 2 aromatic rings. The van der Waals surface area contributed by atoms with Gasteiger partial charge in [-0.3, -0.25) is 9.59 Å². The van der Waals surface area contributed by atoms with Crippen LogP contribution in [-0.4, -0.2) is 18.7 Å². The summed E-state index contributed by atoms with van der Waals surface area (Å²) in [5.74, 6) is -13.6. The van der Waals surface area contributed by atoms with E-state index in [4.69, 9.17) is 0 Å². The monoisotopic (exact) mass is 302 g/mol. The lowest BCUT2D eigenvalue weighted by Gasteiger charge is -2.10. The zero-order valence-corrected chi connectivity index (χ0v) is 10.1. The standard InChI is InChI=1S/C13H3F5O3/c1-21-13-5-2-3(7(15)10(13)18)6(14)9(17)8(16)4(2)11(19)12(5)20/h1H3. The predicted molar refractivity (Wildman–Crippen MR) is 59.0 cm³/mol. The molecule has 0 N–H and O–H groups in total. The summed E-state index contributed by atoms with van der Waals surface area (Å²) >= 11 is 0. The second-order valence-corrected chi connectivity index (χ2v) is 4.26. The lowest BCUT2D eigenvalue weighted by molar-refractivity contribution is 0.0821. The molecule has 0 aliphatic heterocycles. The van der Waals surface area contributed by atoms with Gasteiger partial charge in [-0.2, -0.15) is 4.39 Å². The lowest BCUT2D eigenvalue weighted by Crippen LogP contribution is -2.10. The molecule has 3 nitrogen and oxygen atoms in total. The van der Waals surface area contributed by atoms with E-state index in [1.807, 2.05) is 0 Å². The molecule has 1 aliphatic carbocycles. The van der Waals surface area contributed by atoms with Gasteiger partial charge in [0.15, 0.2) is 29.0 Å². The number of benzene rings is 2. The van der Waals surface area contributed by atoms with Gasteiger partial charge in [-0.15, -0.1) is 0 Å². The van der Waals surface area contributed by atoms with E-state index in [2.05, 4.69) is 4.74 Å². The van der Waals surface area contributed by atoms with Crippen molar-refractivity contribution in [2.75, 3.05) is 7.11 Å². The van der Waals surface area contributed by atoms with Crippen molar-refractivity contribution in [2.45, 2.75) is 0 Å². The number of hydrogen-bond acceptors (Lipinski definition) is 3. The Morgan fingerprint density at radius 3 is 1.76 bits per heavy atom. The maximum Gasteiger partial charge on any atom is 0.238 e. The van der Waals surface area contributed by atoms with Crippen LogP contribution in [0.15, 0.2) is 0 Å². The fourth-order valence-corrected chi connectivity index (χ4v) is 2.40. The molecule has 0 radical (unpaired) electrons. The van der Waals surface area contributed by atoms with Gasteiger partial charge in [-0.05, 0) is 0 Å². The molecule has 2 aromatic carbocycles. The number of carbonyl (C=O) groups excluding carboxylic acids is 2. The van der Waals surface area contributed by atoms with E-state index >= 15 is 0 Å². The third kappa shape index (κ3) is 1.36. The van der Waals surface area contributed by atoms with Crippen molar-refractivity contribution in [2.24, 2.45) is 0 Å². The van der Waals surface area contributed by atoms with E-state index < -0.39 is 68.3 Å². The maximum absolute atomic E-state index is 13.9. The second-order valence-electron chi connectivity index (χ2n) is 4.26. The first-order chi connectivity index (χ1) is 9.82. The Bertz CT molecular complexity index is 873. The van der Waals surface area contributed by atoms with Crippen molar-refractivity contribution in [3.63, 3.8) is 0 Å². The molecule has 0 amide bonds. The largest absolute Gasteiger partial charge is 0.493 e. The molecular weight excluding hydrogens is 299 g/mol. The summed E-state index contributed by atoms with van der Waals surface area (Å²) in [5, 5.41) is -2.12. The van der Waals surface area contributed by atoms with E-state index in [0.29, 0.717) is 0 Å². The van der Waals surface area contributed by atoms with Crippen molar-refractivity contribution in [1.29, 1.82) is 0 Å². The highest BCUT2D eigenvalue weighted by molar-refractivity contribution is 6.57. The SMILES string of the molecule is COc1c(F)c(F)c2c(F)c(F)c(F)c3c2c1C(=O)C3=O. The minimum atomic E-state index is -2.16. The molecule has 0 saturated carbocycles. The zero-order valence-electron chi connectivity index (χ0n) is 10.1. The summed E-state index contributed by atoms with van der Waals surface area (Å²) in [6.07, 6.45) is 0. The number of halogens is 5. The highest BCUT2D eigenvalue weighted by Gasteiger charge is 2.42. The van der Waals surface area contributed by atoms with E-state index in [1.165, 1.54) is 0 Å². The Balaban J connectivity index is 2.74. The third-order valence-corrected chi connectivity index (χ3v) is 3.28. The van der Waals surface area contributed by atoms with Crippen molar-refractivity contribution in [3.05, 3.63) is 40.2 Å². The van der Waals surface area contributed by atoms with Gasteiger partial charge in [-0.1, -0.05) is 0 Å². The molecule has 1 aliphatic rings. The van der Waals surface area contributed by atoms with Gasteiger partial charge in [0.1, 0.15) is 0 Å². The van der Waals surface area contributed by atoms with Gasteiger partial charge in [-0.25, -0.2) is 17.6 Å². The second kappa shape index (κ2) is 4.00. The first-order valence-corrected chi connectivity index (χ1v) is 5.47. The maximum atomic E-state index is 13.9. The van der Waals surface area contributed by atoms with Crippen LogP contribution in [0.3, 0.4) is 0 Å². The zero-order chi connectivity index (χ0) is 15.6. The first kappa shape index (κ1) is 13.5. The molecule has 108 valence electrons. The molecular formula is C13H3F5O3. The quantitative estimate of drug-likeness (QED) is 0.462. The highest BCUT2D eigenvalue weighted by atomic mass is 19.2. The van der Waals surface area contributed by atoms with Gasteiger partial charge in [0, 0.05) is 5.39 Å². The Labute approximate surface area is 112 Å². The molecule has 0 aromatic heterocycles. The van der Waals surface area contributed by atoms with Crippen LogP contribution in [0, 0.1) is 29.1 Å². The fraction of sp³-hybridized carbons (Fsp3) is 0.0769. The number of rotatable bonds is 1. The van der Waals surface area contributed by atoms with Crippen LogP contribution in [0.2, 0.25) is 0 Å². The van der Waals surface area contributed by atoms with E-state index in [0.717, 1.165) is 7.11 Å². The Morgan fingerprint density at radius 1 is 0.667 bits per heavy atom. The summed E-state index contributed by atoms with van der Waals surface area (Å²) in [5.41, 5.74) is -1.94. The number of carbonyl (C=O) groups is 2. The summed E-state index contributed by atoms with van der Waals surface area (Å²) in [4.78, 5) is 23.4. The van der Waals surface area contributed by atoms with Crippen LogP contribution in [0.4, 0.5) is 22.0 Å². The van der Waals surface area contributed by atoms with Gasteiger partial charge in [0.2, 0.25) is 17.4 Å². The Hall–Kier alpha value is -2.51. The number of ketones is 2. The molecule has 0 fully saturated rings. The fourth-order valence-electron chi connectivity index (χ4n) is 2.40. The normalized spacial score (nSPS) is 13.4. The summed E-state index contributed by atoms with van der Waals surface area (Å²) < 4.78 is 72.9. The Morgan fingerprint density at radius 2 is 1.19 bits per heavy atom. The van der Waals surface area contributed by atoms with Crippen LogP contribution in [0.1, 0.15) is 20.7 Å². The van der Waals surface area contributed by atoms with E-state index in [1.54, 1.807) is 0 Å². The van der Waals surface area contributed by atoms with Crippen molar-refractivity contribution in [1.82, 2.24) is 0 Å². The first-order valence-electron chi connectivity index (χ1n) is 5.47. The number of hydrogen-bond donors (Lipinski definition) is 0. The molecule has 0 unspecified atom stereocenters. The number of Topliss-reactive ketones (excluding diaryl/α,β-unsaturated/α-hetero) is 2. The predicted octanol–water partition coefficient (Wildman–Crippen LogP) is 2.92. The summed E-state index contributed by atoms with van der Waals surface area (Å²) in [6.45, 7) is 0. The van der Waals surface area contributed by atoms with Crippen molar-refractivity contribution < 1.29 is 36.3 Å². The number of ether oxygens (including phenoxy) is 1. The summed E-state index contributed by atoms with van der Waals surface area (Å²) in [6, 6.07) is 0. The smallest absolute Gasteiger partial charge is 0.238 e. The van der Waals surface area contributed by atoms with Crippen molar-refractivity contribution >= 4 is 22.3 Å². The molecule has 0 atom stereocenters. The van der Waals surface area contributed by atoms with E-state index in [9.17, 15) is 31.5 Å².